The van der Waals surface area contributed by atoms with Crippen molar-refractivity contribution in [2.24, 2.45) is 0 Å². The van der Waals surface area contributed by atoms with E-state index < -0.39 is 0 Å². The molecule has 1 aromatic heterocycles. The highest BCUT2D eigenvalue weighted by atomic mass is 19.1. The van der Waals surface area contributed by atoms with E-state index in [-0.39, 0.29) is 23.8 Å². The molecule has 3 aromatic rings. The molecule has 0 saturated carbocycles. The molecule has 2 unspecified atom stereocenters. The summed E-state index contributed by atoms with van der Waals surface area (Å²) in [5, 5.41) is 7.74. The van der Waals surface area contributed by atoms with Gasteiger partial charge in [0, 0.05) is 0 Å². The number of anilines is 2. The zero-order valence-corrected chi connectivity index (χ0v) is 14.9. The van der Waals surface area contributed by atoms with E-state index in [4.69, 9.17) is 5.73 Å². The van der Waals surface area contributed by atoms with Crippen molar-refractivity contribution in [3.63, 3.8) is 0 Å². The van der Waals surface area contributed by atoms with E-state index in [9.17, 15) is 4.39 Å². The molecule has 0 spiro atoms. The number of nitrogen functional groups attached to an aromatic ring is 1. The maximum Gasteiger partial charge on any atom is 0.241 e. The number of aromatic nitrogens is 3. The van der Waals surface area contributed by atoms with Crippen LogP contribution in [0.5, 0.6) is 0 Å². The third-order valence-corrected chi connectivity index (χ3v) is 4.97. The Morgan fingerprint density at radius 1 is 1.08 bits per heavy atom. The molecule has 26 heavy (non-hydrogen) atoms. The summed E-state index contributed by atoms with van der Waals surface area (Å²) in [7, 11) is 0. The van der Waals surface area contributed by atoms with E-state index in [1.165, 1.54) is 17.7 Å². The second kappa shape index (κ2) is 6.44. The predicted molar refractivity (Wildman–Crippen MR) is 100 cm³/mol. The van der Waals surface area contributed by atoms with Crippen molar-refractivity contribution in [1.82, 2.24) is 14.8 Å². The average molecular weight is 351 g/mol. The SMILES string of the molecule is CC(C)c1ccc(C2CC(c3ccc(F)cc3)Nc3nc(N)nn32)cc1. The summed E-state index contributed by atoms with van der Waals surface area (Å²) in [6.07, 6.45) is 0.780. The second-order valence-corrected chi connectivity index (χ2v) is 7.06. The van der Waals surface area contributed by atoms with Crippen LogP contribution >= 0.6 is 0 Å². The Hall–Kier alpha value is -2.89. The maximum absolute atomic E-state index is 13.3. The molecule has 6 heteroatoms. The summed E-state index contributed by atoms with van der Waals surface area (Å²) in [5.74, 6) is 1.14. The first-order valence-corrected chi connectivity index (χ1v) is 8.85. The van der Waals surface area contributed by atoms with E-state index in [0.717, 1.165) is 17.5 Å². The number of benzene rings is 2. The van der Waals surface area contributed by atoms with Crippen molar-refractivity contribution < 1.29 is 4.39 Å². The molecule has 2 aromatic carbocycles. The Balaban J connectivity index is 1.71. The molecular formula is C20H22FN5. The standard InChI is InChI=1S/C20H22FN5/c1-12(2)13-3-5-15(6-4-13)18-11-17(14-7-9-16(21)10-8-14)23-20-24-19(22)25-26(18)20/h3-10,12,17-18H,11H2,1-2H3,(H3,22,23,24,25). The molecule has 3 N–H and O–H groups in total. The van der Waals surface area contributed by atoms with Crippen LogP contribution in [0.1, 0.15) is 55.0 Å². The van der Waals surface area contributed by atoms with Gasteiger partial charge < -0.3 is 11.1 Å². The largest absolute Gasteiger partial charge is 0.366 e. The first-order chi connectivity index (χ1) is 12.5. The number of hydrogen-bond donors (Lipinski definition) is 2. The lowest BCUT2D eigenvalue weighted by molar-refractivity contribution is 0.431. The quantitative estimate of drug-likeness (QED) is 0.739. The number of halogens is 1. The van der Waals surface area contributed by atoms with Gasteiger partial charge in [-0.25, -0.2) is 9.07 Å². The number of hydrogen-bond acceptors (Lipinski definition) is 4. The van der Waals surface area contributed by atoms with Gasteiger partial charge in [-0.15, -0.1) is 5.10 Å². The van der Waals surface area contributed by atoms with E-state index >= 15 is 0 Å². The summed E-state index contributed by atoms with van der Waals surface area (Å²) in [6, 6.07) is 15.2. The van der Waals surface area contributed by atoms with Crippen molar-refractivity contribution in [2.75, 3.05) is 11.1 Å². The average Bonchev–Trinajstić information content (AvgIpc) is 3.01. The molecule has 1 aliphatic rings. The third kappa shape index (κ3) is 3.03. The Bertz CT molecular complexity index is 899. The van der Waals surface area contributed by atoms with Gasteiger partial charge in [0.05, 0.1) is 12.1 Å². The monoisotopic (exact) mass is 351 g/mol. The molecule has 0 fully saturated rings. The van der Waals surface area contributed by atoms with Gasteiger partial charge in [0.2, 0.25) is 11.9 Å². The number of nitrogens with zero attached hydrogens (tertiary/aromatic N) is 3. The van der Waals surface area contributed by atoms with Gasteiger partial charge in [-0.05, 0) is 41.2 Å². The number of fused-ring (bicyclic) bond motifs is 1. The topological polar surface area (TPSA) is 68.8 Å². The van der Waals surface area contributed by atoms with Crippen LogP contribution in [-0.4, -0.2) is 14.8 Å². The van der Waals surface area contributed by atoms with Crippen LogP contribution in [0, 0.1) is 5.82 Å². The Kier molecular flexibility index (Phi) is 4.11. The Labute approximate surface area is 152 Å². The molecule has 2 heterocycles. The van der Waals surface area contributed by atoms with Gasteiger partial charge in [0.25, 0.3) is 0 Å². The first kappa shape index (κ1) is 16.6. The van der Waals surface area contributed by atoms with Crippen LogP contribution < -0.4 is 11.1 Å². The highest BCUT2D eigenvalue weighted by Crippen LogP contribution is 2.38. The minimum Gasteiger partial charge on any atom is -0.366 e. The molecule has 134 valence electrons. The van der Waals surface area contributed by atoms with E-state index in [1.807, 2.05) is 4.68 Å². The van der Waals surface area contributed by atoms with E-state index in [1.54, 1.807) is 12.1 Å². The summed E-state index contributed by atoms with van der Waals surface area (Å²) in [6.45, 7) is 4.36. The molecular weight excluding hydrogens is 329 g/mol. The van der Waals surface area contributed by atoms with Gasteiger partial charge in [-0.2, -0.15) is 4.98 Å². The van der Waals surface area contributed by atoms with Crippen molar-refractivity contribution in [3.8, 4) is 0 Å². The molecule has 1 aliphatic heterocycles. The van der Waals surface area contributed by atoms with E-state index in [0.29, 0.717) is 11.9 Å². The van der Waals surface area contributed by atoms with Crippen LogP contribution in [0.25, 0.3) is 0 Å². The van der Waals surface area contributed by atoms with Gasteiger partial charge >= 0.3 is 0 Å². The van der Waals surface area contributed by atoms with Crippen molar-refractivity contribution in [3.05, 3.63) is 71.0 Å². The van der Waals surface area contributed by atoms with Crippen LogP contribution in [-0.2, 0) is 0 Å². The molecule has 0 bridgehead atoms. The van der Waals surface area contributed by atoms with Crippen LogP contribution in [0.4, 0.5) is 16.3 Å². The van der Waals surface area contributed by atoms with Crippen molar-refractivity contribution in [1.29, 1.82) is 0 Å². The van der Waals surface area contributed by atoms with Crippen LogP contribution in [0.2, 0.25) is 0 Å². The van der Waals surface area contributed by atoms with Crippen molar-refractivity contribution in [2.45, 2.75) is 38.3 Å². The molecule has 5 nitrogen and oxygen atoms in total. The minimum absolute atomic E-state index is 0.0153. The summed E-state index contributed by atoms with van der Waals surface area (Å²) >= 11 is 0. The molecule has 0 amide bonds. The molecule has 0 radical (unpaired) electrons. The number of rotatable bonds is 3. The first-order valence-electron chi connectivity index (χ1n) is 8.85. The zero-order valence-electron chi connectivity index (χ0n) is 14.9. The van der Waals surface area contributed by atoms with Crippen LogP contribution in [0.15, 0.2) is 48.5 Å². The molecule has 0 aliphatic carbocycles. The Morgan fingerprint density at radius 2 is 1.73 bits per heavy atom. The fourth-order valence-corrected chi connectivity index (χ4v) is 3.49. The summed E-state index contributed by atoms with van der Waals surface area (Å²) < 4.78 is 15.1. The van der Waals surface area contributed by atoms with Gasteiger partial charge in [-0.1, -0.05) is 50.2 Å². The minimum atomic E-state index is -0.238. The summed E-state index contributed by atoms with van der Waals surface area (Å²) in [4.78, 5) is 4.31. The van der Waals surface area contributed by atoms with E-state index in [2.05, 4.69) is 53.5 Å². The highest BCUT2D eigenvalue weighted by Gasteiger charge is 2.30. The van der Waals surface area contributed by atoms with Gasteiger partial charge in [0.15, 0.2) is 0 Å². The zero-order chi connectivity index (χ0) is 18.3. The lowest BCUT2D eigenvalue weighted by atomic mass is 9.92. The second-order valence-electron chi connectivity index (χ2n) is 7.06. The third-order valence-electron chi connectivity index (χ3n) is 4.97. The molecule has 2 atom stereocenters. The fourth-order valence-electron chi connectivity index (χ4n) is 3.49. The Morgan fingerprint density at radius 3 is 2.38 bits per heavy atom. The summed E-state index contributed by atoms with van der Waals surface area (Å²) in [5.41, 5.74) is 9.31. The smallest absolute Gasteiger partial charge is 0.241 e. The lowest BCUT2D eigenvalue weighted by Crippen LogP contribution is -2.28. The fraction of sp³-hybridized carbons (Fsp3) is 0.300. The van der Waals surface area contributed by atoms with Gasteiger partial charge in [0.1, 0.15) is 5.82 Å². The lowest BCUT2D eigenvalue weighted by Gasteiger charge is -2.31. The maximum atomic E-state index is 13.3. The normalized spacial score (nSPS) is 19.2. The van der Waals surface area contributed by atoms with Gasteiger partial charge in [-0.3, -0.25) is 0 Å². The molecule has 0 saturated heterocycles. The number of nitrogens with two attached hydrogens (primary N) is 1. The highest BCUT2D eigenvalue weighted by molar-refractivity contribution is 5.42. The molecule has 4 rings (SSSR count). The predicted octanol–water partition coefficient (Wildman–Crippen LogP) is 4.27. The van der Waals surface area contributed by atoms with Crippen LogP contribution in [0.3, 0.4) is 0 Å². The van der Waals surface area contributed by atoms with Crippen molar-refractivity contribution >= 4 is 11.9 Å². The number of nitrogens with one attached hydrogen (secondary N) is 1.